The van der Waals surface area contributed by atoms with Crippen molar-refractivity contribution >= 4 is 23.0 Å². The minimum Gasteiger partial charge on any atom is -0.481 e. The molecule has 1 aliphatic rings. The predicted octanol–water partition coefficient (Wildman–Crippen LogP) is 10.9. The maximum absolute atomic E-state index is 13.7. The summed E-state index contributed by atoms with van der Waals surface area (Å²) in [5.41, 5.74) is 7.39. The van der Waals surface area contributed by atoms with Crippen molar-refractivity contribution in [1.29, 1.82) is 0 Å². The molecule has 5 heteroatoms. The van der Waals surface area contributed by atoms with Crippen LogP contribution in [0.2, 0.25) is 5.02 Å². The number of H-pyrrole nitrogens is 1. The van der Waals surface area contributed by atoms with E-state index in [1.165, 1.54) is 36.8 Å². The number of hydrogen-bond acceptors (Lipinski definition) is 3. The molecule has 0 spiro atoms. The highest BCUT2D eigenvalue weighted by molar-refractivity contribution is 6.30. The molecule has 1 N–H and O–H groups in total. The minimum atomic E-state index is -0.0270. The van der Waals surface area contributed by atoms with Crippen LogP contribution in [0.25, 0.3) is 16.7 Å². The van der Waals surface area contributed by atoms with Crippen LogP contribution in [-0.2, 0) is 17.6 Å². The first-order chi connectivity index (χ1) is 20.3. The number of ether oxygens (including phenoxy) is 1. The van der Waals surface area contributed by atoms with Gasteiger partial charge in [-0.2, -0.15) is 5.10 Å². The van der Waals surface area contributed by atoms with Crippen LogP contribution < -0.4 is 4.74 Å². The van der Waals surface area contributed by atoms with E-state index in [2.05, 4.69) is 63.0 Å². The summed E-state index contributed by atoms with van der Waals surface area (Å²) >= 11 is 6.21. The second-order valence-corrected chi connectivity index (χ2v) is 11.6. The fraction of sp³-hybridized carbons (Fsp3) is 0.514. The third-order valence-electron chi connectivity index (χ3n) is 8.26. The standard InChI is InChI=1S/C27H29ClN2O2.C8H18.C2H6/c1-5-22(26(31)19-7-6-17-8-10-21(28)13-20(17)12-19)23-11-9-18(14-24(23)16(2)3)25-15-29-30-27(25)32-4;1-4-7-8(5-2)6-3;1-2/h5,8-11,13-16,19H,6-7,12H2,1-4H3,(H,29,30);8H,4-7H2,1-3H3;1-2H3/b22-5+;;. The quantitative estimate of drug-likeness (QED) is 0.238. The number of carbonyl (C=O) groups excluding carboxylic acids is 1. The molecule has 0 fully saturated rings. The van der Waals surface area contributed by atoms with Gasteiger partial charge in [-0.15, -0.1) is 0 Å². The molecule has 1 unspecified atom stereocenters. The van der Waals surface area contributed by atoms with Gasteiger partial charge >= 0.3 is 0 Å². The number of aryl methyl sites for hydroxylation is 1. The van der Waals surface area contributed by atoms with Crippen molar-refractivity contribution < 1.29 is 9.53 Å². The normalized spacial score (nSPS) is 14.5. The number of aromatic nitrogens is 2. The molecule has 3 aromatic rings. The van der Waals surface area contributed by atoms with E-state index in [1.54, 1.807) is 13.3 Å². The van der Waals surface area contributed by atoms with Gasteiger partial charge in [0.15, 0.2) is 5.78 Å². The first kappa shape index (κ1) is 35.3. The Bertz CT molecular complexity index is 1290. The largest absolute Gasteiger partial charge is 0.481 e. The van der Waals surface area contributed by atoms with E-state index in [1.807, 2.05) is 45.0 Å². The lowest BCUT2D eigenvalue weighted by atomic mass is 9.77. The number of halogens is 1. The van der Waals surface area contributed by atoms with Crippen molar-refractivity contribution in [3.05, 3.63) is 75.9 Å². The van der Waals surface area contributed by atoms with E-state index < -0.39 is 0 Å². The van der Waals surface area contributed by atoms with Gasteiger partial charge in [-0.3, -0.25) is 4.79 Å². The molecule has 2 aromatic carbocycles. The number of carbonyl (C=O) groups is 1. The smallest absolute Gasteiger partial charge is 0.216 e. The summed E-state index contributed by atoms with van der Waals surface area (Å²) in [6, 6.07) is 12.3. The second kappa shape index (κ2) is 18.0. The molecule has 1 atom stereocenters. The summed E-state index contributed by atoms with van der Waals surface area (Å²) < 4.78 is 5.40. The maximum atomic E-state index is 13.7. The number of benzene rings is 2. The van der Waals surface area contributed by atoms with E-state index in [-0.39, 0.29) is 17.6 Å². The van der Waals surface area contributed by atoms with Crippen LogP contribution in [0.3, 0.4) is 0 Å². The van der Waals surface area contributed by atoms with Crippen molar-refractivity contribution in [2.24, 2.45) is 11.8 Å². The lowest BCUT2D eigenvalue weighted by Gasteiger charge is -2.26. The summed E-state index contributed by atoms with van der Waals surface area (Å²) in [6.45, 7) is 17.1. The molecular weight excluding hydrogens is 540 g/mol. The van der Waals surface area contributed by atoms with Crippen LogP contribution in [0.15, 0.2) is 48.7 Å². The Morgan fingerprint density at radius 1 is 1.10 bits per heavy atom. The van der Waals surface area contributed by atoms with E-state index in [0.717, 1.165) is 58.0 Å². The Hall–Kier alpha value is -2.85. The van der Waals surface area contributed by atoms with E-state index in [9.17, 15) is 4.79 Å². The molecule has 1 aliphatic carbocycles. The fourth-order valence-electron chi connectivity index (χ4n) is 5.79. The van der Waals surface area contributed by atoms with Crippen molar-refractivity contribution in [2.45, 2.75) is 106 Å². The van der Waals surface area contributed by atoms with E-state index >= 15 is 0 Å². The maximum Gasteiger partial charge on any atom is 0.216 e. The number of methoxy groups -OCH3 is 1. The number of fused-ring (bicyclic) bond motifs is 1. The molecule has 1 aromatic heterocycles. The molecule has 0 radical (unpaired) electrons. The third kappa shape index (κ3) is 9.07. The molecular formula is C37H53ClN2O2. The van der Waals surface area contributed by atoms with E-state index in [4.69, 9.17) is 16.3 Å². The monoisotopic (exact) mass is 592 g/mol. The average Bonchev–Trinajstić information content (AvgIpc) is 3.50. The Labute approximate surface area is 260 Å². The third-order valence-corrected chi connectivity index (χ3v) is 8.49. The summed E-state index contributed by atoms with van der Waals surface area (Å²) in [4.78, 5) is 13.7. The zero-order valence-electron chi connectivity index (χ0n) is 27.4. The fourth-order valence-corrected chi connectivity index (χ4v) is 5.99. The highest BCUT2D eigenvalue weighted by Gasteiger charge is 2.28. The van der Waals surface area contributed by atoms with Gasteiger partial charge in [0.1, 0.15) is 0 Å². The van der Waals surface area contributed by atoms with Crippen molar-refractivity contribution in [1.82, 2.24) is 10.2 Å². The number of rotatable bonds is 10. The predicted molar refractivity (Wildman–Crippen MR) is 181 cm³/mol. The number of nitrogens with zero attached hydrogens (tertiary/aromatic N) is 1. The second-order valence-electron chi connectivity index (χ2n) is 11.2. The van der Waals surface area contributed by atoms with E-state index in [0.29, 0.717) is 5.88 Å². The SMILES string of the molecule is C/C=C(/C(=O)C1CCc2ccc(Cl)cc2C1)c1ccc(-c2cn[nH]c2OC)cc1C(C)C.CC.CCCC(CC)CC. The van der Waals surface area contributed by atoms with Crippen LogP contribution >= 0.6 is 11.6 Å². The van der Waals surface area contributed by atoms with Crippen LogP contribution in [0.4, 0.5) is 0 Å². The number of allylic oxidation sites excluding steroid dienone is 2. The number of aromatic amines is 1. The molecule has 4 nitrogen and oxygen atoms in total. The van der Waals surface area contributed by atoms with Gasteiger partial charge in [0, 0.05) is 16.5 Å². The van der Waals surface area contributed by atoms with Crippen molar-refractivity contribution in [3.8, 4) is 17.0 Å². The summed E-state index contributed by atoms with van der Waals surface area (Å²) in [5.74, 6) is 2.08. The van der Waals surface area contributed by atoms with Crippen LogP contribution in [-0.4, -0.2) is 23.1 Å². The molecule has 0 saturated carbocycles. The lowest BCUT2D eigenvalue weighted by molar-refractivity contribution is -0.117. The average molecular weight is 593 g/mol. The molecule has 0 aliphatic heterocycles. The minimum absolute atomic E-state index is 0.0270. The summed E-state index contributed by atoms with van der Waals surface area (Å²) in [7, 11) is 1.63. The molecule has 4 rings (SSSR count). The zero-order valence-corrected chi connectivity index (χ0v) is 28.2. The van der Waals surface area contributed by atoms with Crippen LogP contribution in [0, 0.1) is 11.8 Å². The van der Waals surface area contributed by atoms with Gasteiger partial charge in [0.25, 0.3) is 0 Å². The highest BCUT2D eigenvalue weighted by Crippen LogP contribution is 2.37. The van der Waals surface area contributed by atoms with Gasteiger partial charge in [-0.1, -0.05) is 116 Å². The zero-order chi connectivity index (χ0) is 31.2. The topological polar surface area (TPSA) is 55.0 Å². The van der Waals surface area contributed by atoms with Crippen LogP contribution in [0.1, 0.15) is 116 Å². The Kier molecular flexibility index (Phi) is 15.1. The first-order valence-electron chi connectivity index (χ1n) is 16.0. The number of nitrogens with one attached hydrogen (secondary N) is 1. The Morgan fingerprint density at radius 3 is 2.38 bits per heavy atom. The molecule has 0 saturated heterocycles. The van der Waals surface area contributed by atoms with Gasteiger partial charge in [-0.25, -0.2) is 5.10 Å². The Balaban J connectivity index is 0.000000535. The molecule has 0 bridgehead atoms. The summed E-state index contributed by atoms with van der Waals surface area (Å²) in [5, 5.41) is 7.72. The van der Waals surface area contributed by atoms with Crippen LogP contribution in [0.5, 0.6) is 5.88 Å². The number of ketones is 1. The molecule has 42 heavy (non-hydrogen) atoms. The molecule has 1 heterocycles. The summed E-state index contributed by atoms with van der Waals surface area (Å²) in [6.07, 6.45) is 11.8. The molecule has 230 valence electrons. The van der Waals surface area contributed by atoms with Gasteiger partial charge in [0.2, 0.25) is 5.88 Å². The highest BCUT2D eigenvalue weighted by atomic mass is 35.5. The Morgan fingerprint density at radius 2 is 1.81 bits per heavy atom. The lowest BCUT2D eigenvalue weighted by Crippen LogP contribution is -2.24. The van der Waals surface area contributed by atoms with Gasteiger partial charge in [0.05, 0.1) is 18.9 Å². The molecule has 0 amide bonds. The van der Waals surface area contributed by atoms with Gasteiger partial charge in [-0.05, 0) is 78.0 Å². The number of hydrogen-bond donors (Lipinski definition) is 1. The van der Waals surface area contributed by atoms with Crippen molar-refractivity contribution in [3.63, 3.8) is 0 Å². The van der Waals surface area contributed by atoms with Gasteiger partial charge < -0.3 is 4.74 Å². The number of Topliss-reactive ketones (excluding diaryl/α,β-unsaturated/α-hetero) is 1. The first-order valence-corrected chi connectivity index (χ1v) is 16.3. The van der Waals surface area contributed by atoms with Crippen molar-refractivity contribution in [2.75, 3.05) is 7.11 Å².